The number of β-amino-alcohol motifs (C(OH)–C–C–N with tert-alkyl or cyclic N) is 1. The predicted molar refractivity (Wildman–Crippen MR) is 93.8 cm³/mol. The number of rotatable bonds is 6. The van der Waals surface area contributed by atoms with Crippen LogP contribution in [0.2, 0.25) is 0 Å². The molecule has 3 N–H and O–H groups in total. The Balaban J connectivity index is 1.45. The highest BCUT2D eigenvalue weighted by atomic mass is 16.3. The normalized spacial score (nSPS) is 15.9. The number of fused-ring (bicyclic) bond motifs is 1. The van der Waals surface area contributed by atoms with Gasteiger partial charge in [-0.1, -0.05) is 24.3 Å². The zero-order valence-electron chi connectivity index (χ0n) is 14.1. The molecule has 128 valence electrons. The van der Waals surface area contributed by atoms with E-state index in [0.29, 0.717) is 25.3 Å². The number of benzene rings is 1. The number of aliphatic hydroxyl groups is 1. The summed E-state index contributed by atoms with van der Waals surface area (Å²) in [5.41, 5.74) is 4.27. The van der Waals surface area contributed by atoms with Gasteiger partial charge in [0.05, 0.1) is 11.8 Å². The number of aliphatic hydroxyl groups excluding tert-OH is 1. The zero-order valence-corrected chi connectivity index (χ0v) is 14.1. The van der Waals surface area contributed by atoms with Crippen LogP contribution in [-0.2, 0) is 19.5 Å². The third kappa shape index (κ3) is 4.32. The van der Waals surface area contributed by atoms with Crippen molar-refractivity contribution in [3.05, 3.63) is 58.9 Å². The average molecular weight is 327 g/mol. The van der Waals surface area contributed by atoms with E-state index in [2.05, 4.69) is 39.5 Å². The molecule has 5 nitrogen and oxygen atoms in total. The first kappa shape index (κ1) is 16.9. The molecule has 0 radical (unpaired) electrons. The molecule has 0 saturated heterocycles. The molecule has 0 fully saturated rings. The van der Waals surface area contributed by atoms with Crippen LogP contribution in [0.25, 0.3) is 0 Å². The molecule has 1 aliphatic heterocycles. The Hall–Kier alpha value is -1.95. The highest BCUT2D eigenvalue weighted by Crippen LogP contribution is 2.18. The van der Waals surface area contributed by atoms with Crippen LogP contribution in [0.5, 0.6) is 5.75 Å². The van der Waals surface area contributed by atoms with E-state index >= 15 is 0 Å². The van der Waals surface area contributed by atoms with E-state index in [-0.39, 0.29) is 5.75 Å². The lowest BCUT2D eigenvalue weighted by atomic mass is 10.00. The van der Waals surface area contributed by atoms with Gasteiger partial charge in [0, 0.05) is 38.4 Å². The van der Waals surface area contributed by atoms with E-state index < -0.39 is 6.10 Å². The maximum atomic E-state index is 10.3. The fourth-order valence-electron chi connectivity index (χ4n) is 3.16. The molecule has 0 bridgehead atoms. The fourth-order valence-corrected chi connectivity index (χ4v) is 3.16. The van der Waals surface area contributed by atoms with Crippen LogP contribution in [0.3, 0.4) is 0 Å². The standard InChI is InChI=1S/C19H25N3O2/c1-14-6-7-19(24)18(21-14)11-20-10-17(23)13-22-9-8-15-4-2-3-5-16(15)12-22/h2-7,17,20,23-24H,8-13H2,1H3. The van der Waals surface area contributed by atoms with Crippen LogP contribution in [0.4, 0.5) is 0 Å². The summed E-state index contributed by atoms with van der Waals surface area (Å²) in [6, 6.07) is 11.9. The van der Waals surface area contributed by atoms with Crippen molar-refractivity contribution < 1.29 is 10.2 Å². The van der Waals surface area contributed by atoms with Crippen molar-refractivity contribution >= 4 is 0 Å². The van der Waals surface area contributed by atoms with E-state index in [0.717, 1.165) is 25.2 Å². The average Bonchev–Trinajstić information content (AvgIpc) is 2.58. The largest absolute Gasteiger partial charge is 0.506 e. The molecule has 0 spiro atoms. The molecular formula is C19H25N3O2. The van der Waals surface area contributed by atoms with Gasteiger partial charge >= 0.3 is 0 Å². The molecule has 1 aliphatic rings. The summed E-state index contributed by atoms with van der Waals surface area (Å²) in [4.78, 5) is 6.59. The Morgan fingerprint density at radius 1 is 1.21 bits per heavy atom. The Bertz CT molecular complexity index is 690. The van der Waals surface area contributed by atoms with Gasteiger partial charge in [0.1, 0.15) is 5.75 Å². The molecule has 1 aromatic carbocycles. The van der Waals surface area contributed by atoms with Crippen LogP contribution < -0.4 is 5.32 Å². The van der Waals surface area contributed by atoms with Crippen molar-refractivity contribution in [3.63, 3.8) is 0 Å². The van der Waals surface area contributed by atoms with Crippen molar-refractivity contribution in [1.82, 2.24) is 15.2 Å². The van der Waals surface area contributed by atoms with Gasteiger partial charge in [0.25, 0.3) is 0 Å². The van der Waals surface area contributed by atoms with E-state index in [1.54, 1.807) is 12.1 Å². The SMILES string of the molecule is Cc1ccc(O)c(CNCC(O)CN2CCc3ccccc3C2)n1. The topological polar surface area (TPSA) is 68.6 Å². The van der Waals surface area contributed by atoms with Crippen LogP contribution in [0, 0.1) is 6.92 Å². The summed E-state index contributed by atoms with van der Waals surface area (Å²) in [5, 5.41) is 23.2. The molecule has 0 aliphatic carbocycles. The van der Waals surface area contributed by atoms with Crippen LogP contribution in [0.15, 0.2) is 36.4 Å². The Morgan fingerprint density at radius 3 is 2.83 bits per heavy atom. The highest BCUT2D eigenvalue weighted by molar-refractivity contribution is 5.29. The minimum absolute atomic E-state index is 0.190. The number of pyridine rings is 1. The lowest BCUT2D eigenvalue weighted by Gasteiger charge is -2.30. The minimum Gasteiger partial charge on any atom is -0.506 e. The van der Waals surface area contributed by atoms with E-state index in [1.807, 2.05) is 6.92 Å². The predicted octanol–water partition coefficient (Wildman–Crippen LogP) is 1.60. The summed E-state index contributed by atoms with van der Waals surface area (Å²) in [6.45, 7) is 5.35. The van der Waals surface area contributed by atoms with Crippen molar-refractivity contribution in [2.75, 3.05) is 19.6 Å². The van der Waals surface area contributed by atoms with E-state index in [4.69, 9.17) is 0 Å². The molecule has 1 unspecified atom stereocenters. The zero-order chi connectivity index (χ0) is 16.9. The Labute approximate surface area is 143 Å². The molecule has 5 heteroatoms. The van der Waals surface area contributed by atoms with Gasteiger partial charge in [-0.2, -0.15) is 0 Å². The van der Waals surface area contributed by atoms with Crippen LogP contribution in [0.1, 0.15) is 22.5 Å². The van der Waals surface area contributed by atoms with Crippen LogP contribution in [-0.4, -0.2) is 45.8 Å². The number of nitrogens with one attached hydrogen (secondary N) is 1. The van der Waals surface area contributed by atoms with Crippen molar-refractivity contribution in [1.29, 1.82) is 0 Å². The van der Waals surface area contributed by atoms with Gasteiger partial charge in [-0.25, -0.2) is 0 Å². The van der Waals surface area contributed by atoms with E-state index in [9.17, 15) is 10.2 Å². The summed E-state index contributed by atoms with van der Waals surface area (Å²) in [5.74, 6) is 0.190. The summed E-state index contributed by atoms with van der Waals surface area (Å²) in [6.07, 6.45) is 0.597. The minimum atomic E-state index is -0.442. The second kappa shape index (κ2) is 7.75. The number of nitrogens with zero attached hydrogens (tertiary/aromatic N) is 2. The number of aromatic nitrogens is 1. The third-order valence-electron chi connectivity index (χ3n) is 4.44. The summed E-state index contributed by atoms with van der Waals surface area (Å²) >= 11 is 0. The van der Waals surface area contributed by atoms with Crippen molar-refractivity contribution in [2.24, 2.45) is 0 Å². The number of aromatic hydroxyl groups is 1. The number of hydrogen-bond donors (Lipinski definition) is 3. The van der Waals surface area contributed by atoms with Gasteiger partial charge in [0.2, 0.25) is 0 Å². The molecular weight excluding hydrogens is 302 g/mol. The van der Waals surface area contributed by atoms with Crippen LogP contribution >= 0.6 is 0 Å². The lowest BCUT2D eigenvalue weighted by Crippen LogP contribution is -2.40. The van der Waals surface area contributed by atoms with Gasteiger partial charge < -0.3 is 15.5 Å². The second-order valence-electron chi connectivity index (χ2n) is 6.46. The highest BCUT2D eigenvalue weighted by Gasteiger charge is 2.18. The quantitative estimate of drug-likeness (QED) is 0.752. The monoisotopic (exact) mass is 327 g/mol. The van der Waals surface area contributed by atoms with Crippen molar-refractivity contribution in [3.8, 4) is 5.75 Å². The van der Waals surface area contributed by atoms with Gasteiger partial charge in [0.15, 0.2) is 0 Å². The third-order valence-corrected chi connectivity index (χ3v) is 4.44. The second-order valence-corrected chi connectivity index (χ2v) is 6.46. The first-order valence-corrected chi connectivity index (χ1v) is 8.45. The molecule has 1 aromatic heterocycles. The van der Waals surface area contributed by atoms with Gasteiger partial charge in [-0.15, -0.1) is 0 Å². The molecule has 0 amide bonds. The van der Waals surface area contributed by atoms with E-state index in [1.165, 1.54) is 11.1 Å². The first-order chi connectivity index (χ1) is 11.6. The number of hydrogen-bond acceptors (Lipinski definition) is 5. The maximum absolute atomic E-state index is 10.3. The molecule has 3 rings (SSSR count). The smallest absolute Gasteiger partial charge is 0.138 e. The molecule has 2 heterocycles. The number of aryl methyl sites for hydroxylation is 1. The Kier molecular flexibility index (Phi) is 5.45. The molecule has 24 heavy (non-hydrogen) atoms. The molecule has 2 aromatic rings. The Morgan fingerprint density at radius 2 is 2.00 bits per heavy atom. The summed E-state index contributed by atoms with van der Waals surface area (Å²) in [7, 11) is 0. The molecule has 1 atom stereocenters. The summed E-state index contributed by atoms with van der Waals surface area (Å²) < 4.78 is 0. The van der Waals surface area contributed by atoms with Gasteiger partial charge in [-0.05, 0) is 36.6 Å². The van der Waals surface area contributed by atoms with Gasteiger partial charge in [-0.3, -0.25) is 9.88 Å². The molecule has 0 saturated carbocycles. The first-order valence-electron chi connectivity index (χ1n) is 8.45. The lowest BCUT2D eigenvalue weighted by molar-refractivity contribution is 0.104. The van der Waals surface area contributed by atoms with Crippen molar-refractivity contribution in [2.45, 2.75) is 32.5 Å². The fraction of sp³-hybridized carbons (Fsp3) is 0.421. The maximum Gasteiger partial charge on any atom is 0.138 e.